The van der Waals surface area contributed by atoms with Gasteiger partial charge in [-0.1, -0.05) is 32.0 Å². The van der Waals surface area contributed by atoms with Gasteiger partial charge >= 0.3 is 0 Å². The summed E-state index contributed by atoms with van der Waals surface area (Å²) in [6.07, 6.45) is -0.111. The summed E-state index contributed by atoms with van der Waals surface area (Å²) in [5.74, 6) is -0.508. The molecule has 0 aromatic heterocycles. The Balaban J connectivity index is 2.57. The average molecular weight is 299 g/mol. The summed E-state index contributed by atoms with van der Waals surface area (Å²) in [6, 6.07) is 7.71. The molecule has 1 rings (SSSR count). The zero-order valence-electron chi connectivity index (χ0n) is 11.7. The van der Waals surface area contributed by atoms with Gasteiger partial charge in [0, 0.05) is 6.42 Å². The van der Waals surface area contributed by atoms with Crippen LogP contribution in [-0.2, 0) is 14.6 Å². The minimum Gasteiger partial charge on any atom is -0.394 e. The van der Waals surface area contributed by atoms with Crippen molar-refractivity contribution >= 4 is 15.7 Å². The Hall–Kier alpha value is -1.40. The monoisotopic (exact) mass is 299 g/mol. The van der Waals surface area contributed by atoms with Crippen molar-refractivity contribution in [3.05, 3.63) is 30.3 Å². The van der Waals surface area contributed by atoms with Gasteiger partial charge < -0.3 is 10.4 Å². The fourth-order valence-electron chi connectivity index (χ4n) is 1.67. The van der Waals surface area contributed by atoms with Gasteiger partial charge in [-0.05, 0) is 18.1 Å². The molecule has 0 bridgehead atoms. The Kier molecular flexibility index (Phi) is 6.16. The van der Waals surface area contributed by atoms with Crippen molar-refractivity contribution in [3.8, 4) is 0 Å². The van der Waals surface area contributed by atoms with E-state index in [-0.39, 0.29) is 41.5 Å². The van der Waals surface area contributed by atoms with Crippen molar-refractivity contribution in [2.75, 3.05) is 12.4 Å². The standard InChI is InChI=1S/C14H21NO4S/c1-11(2)13(10-16)15-14(17)8-9-20(18,19)12-6-4-3-5-7-12/h3-7,11,13,16H,8-10H2,1-2H3,(H,15,17)/t13-/m1/s1. The van der Waals surface area contributed by atoms with Gasteiger partial charge in [0.15, 0.2) is 9.84 Å². The number of nitrogens with one attached hydrogen (secondary N) is 1. The lowest BCUT2D eigenvalue weighted by Gasteiger charge is -2.19. The molecule has 0 aliphatic rings. The van der Waals surface area contributed by atoms with Crippen LogP contribution in [0.1, 0.15) is 20.3 Å². The summed E-state index contributed by atoms with van der Waals surface area (Å²) < 4.78 is 24.0. The van der Waals surface area contributed by atoms with Crippen LogP contribution in [0.5, 0.6) is 0 Å². The molecule has 0 spiro atoms. The number of hydrogen-bond donors (Lipinski definition) is 2. The highest BCUT2D eigenvalue weighted by molar-refractivity contribution is 7.91. The minimum absolute atomic E-state index is 0.0923. The van der Waals surface area contributed by atoms with E-state index in [1.54, 1.807) is 18.2 Å². The first-order valence-corrected chi connectivity index (χ1v) is 8.20. The van der Waals surface area contributed by atoms with Crippen LogP contribution in [0.15, 0.2) is 35.2 Å². The smallest absolute Gasteiger partial charge is 0.221 e. The molecule has 0 aliphatic heterocycles. The largest absolute Gasteiger partial charge is 0.394 e. The van der Waals surface area contributed by atoms with Crippen molar-refractivity contribution in [1.29, 1.82) is 0 Å². The molecule has 6 heteroatoms. The van der Waals surface area contributed by atoms with Crippen molar-refractivity contribution in [2.45, 2.75) is 31.2 Å². The summed E-state index contributed by atoms with van der Waals surface area (Å²) in [5.41, 5.74) is 0. The summed E-state index contributed by atoms with van der Waals surface area (Å²) in [7, 11) is -3.44. The molecule has 0 saturated heterocycles. The minimum atomic E-state index is -3.44. The number of carbonyl (C=O) groups is 1. The maximum absolute atomic E-state index is 12.0. The summed E-state index contributed by atoms with van der Waals surface area (Å²) in [6.45, 7) is 3.60. The summed E-state index contributed by atoms with van der Waals surface area (Å²) >= 11 is 0. The lowest BCUT2D eigenvalue weighted by molar-refractivity contribution is -0.122. The number of hydrogen-bond acceptors (Lipinski definition) is 4. The highest BCUT2D eigenvalue weighted by Crippen LogP contribution is 2.11. The number of rotatable bonds is 7. The Bertz CT molecular complexity index is 525. The maximum Gasteiger partial charge on any atom is 0.221 e. The topological polar surface area (TPSA) is 83.5 Å². The van der Waals surface area contributed by atoms with Gasteiger partial charge in [-0.15, -0.1) is 0 Å². The number of benzene rings is 1. The molecular weight excluding hydrogens is 278 g/mol. The molecule has 1 amide bonds. The molecule has 0 unspecified atom stereocenters. The Labute approximate surface area is 119 Å². The van der Waals surface area contributed by atoms with E-state index in [0.717, 1.165) is 0 Å². The van der Waals surface area contributed by atoms with Crippen LogP contribution in [0.4, 0.5) is 0 Å². The fourth-order valence-corrected chi connectivity index (χ4v) is 2.94. The van der Waals surface area contributed by atoms with Crippen LogP contribution in [-0.4, -0.2) is 37.8 Å². The van der Waals surface area contributed by atoms with E-state index >= 15 is 0 Å². The number of aliphatic hydroxyl groups excluding tert-OH is 1. The van der Waals surface area contributed by atoms with Crippen molar-refractivity contribution in [1.82, 2.24) is 5.32 Å². The first-order valence-electron chi connectivity index (χ1n) is 6.55. The Morgan fingerprint density at radius 1 is 1.25 bits per heavy atom. The molecule has 0 saturated carbocycles. The Morgan fingerprint density at radius 2 is 1.85 bits per heavy atom. The second kappa shape index (κ2) is 7.40. The molecule has 5 nitrogen and oxygen atoms in total. The molecule has 1 aromatic carbocycles. The normalized spacial score (nSPS) is 13.2. The van der Waals surface area contributed by atoms with Gasteiger partial charge in [0.2, 0.25) is 5.91 Å². The van der Waals surface area contributed by atoms with Crippen molar-refractivity contribution in [3.63, 3.8) is 0 Å². The van der Waals surface area contributed by atoms with Crippen molar-refractivity contribution in [2.24, 2.45) is 5.92 Å². The van der Waals surface area contributed by atoms with Gasteiger partial charge in [-0.3, -0.25) is 4.79 Å². The molecule has 1 aromatic rings. The number of aliphatic hydroxyl groups is 1. The third-order valence-electron chi connectivity index (χ3n) is 3.05. The predicted octanol–water partition coefficient (Wildman–Crippen LogP) is 0.983. The molecule has 20 heavy (non-hydrogen) atoms. The SMILES string of the molecule is CC(C)[C@@H](CO)NC(=O)CCS(=O)(=O)c1ccccc1. The second-order valence-corrected chi connectivity index (χ2v) is 7.09. The Morgan fingerprint density at radius 3 is 2.35 bits per heavy atom. The third-order valence-corrected chi connectivity index (χ3v) is 4.78. The molecular formula is C14H21NO4S. The van der Waals surface area contributed by atoms with E-state index in [9.17, 15) is 13.2 Å². The number of carbonyl (C=O) groups excluding carboxylic acids is 1. The van der Waals surface area contributed by atoms with Crippen LogP contribution < -0.4 is 5.32 Å². The molecule has 112 valence electrons. The highest BCUT2D eigenvalue weighted by atomic mass is 32.2. The van der Waals surface area contributed by atoms with Gasteiger partial charge in [0.25, 0.3) is 0 Å². The van der Waals surface area contributed by atoms with Crippen molar-refractivity contribution < 1.29 is 18.3 Å². The zero-order valence-corrected chi connectivity index (χ0v) is 12.6. The van der Waals surface area contributed by atoms with Crippen LogP contribution in [0.2, 0.25) is 0 Å². The van der Waals surface area contributed by atoms with Gasteiger partial charge in [-0.25, -0.2) is 8.42 Å². The lowest BCUT2D eigenvalue weighted by atomic mass is 10.1. The first-order chi connectivity index (χ1) is 9.36. The van der Waals surface area contributed by atoms with Crippen LogP contribution in [0.3, 0.4) is 0 Å². The van der Waals surface area contributed by atoms with E-state index < -0.39 is 9.84 Å². The quantitative estimate of drug-likeness (QED) is 0.786. The van der Waals surface area contributed by atoms with Gasteiger partial charge in [0.1, 0.15) is 0 Å². The third kappa shape index (κ3) is 4.94. The lowest BCUT2D eigenvalue weighted by Crippen LogP contribution is -2.41. The zero-order chi connectivity index (χ0) is 15.2. The summed E-state index contributed by atoms with van der Waals surface area (Å²) in [5, 5.41) is 11.8. The molecule has 1 atom stereocenters. The van der Waals surface area contributed by atoms with Gasteiger partial charge in [0.05, 0.1) is 23.3 Å². The highest BCUT2D eigenvalue weighted by Gasteiger charge is 2.19. The van der Waals surface area contributed by atoms with E-state index in [4.69, 9.17) is 5.11 Å². The van der Waals surface area contributed by atoms with E-state index in [2.05, 4.69) is 5.32 Å². The van der Waals surface area contributed by atoms with E-state index in [0.29, 0.717) is 0 Å². The molecule has 0 fully saturated rings. The van der Waals surface area contributed by atoms with E-state index in [1.807, 2.05) is 13.8 Å². The average Bonchev–Trinajstić information content (AvgIpc) is 2.43. The van der Waals surface area contributed by atoms with Gasteiger partial charge in [-0.2, -0.15) is 0 Å². The number of sulfone groups is 1. The predicted molar refractivity (Wildman–Crippen MR) is 77.0 cm³/mol. The van der Waals surface area contributed by atoms with Crippen LogP contribution >= 0.6 is 0 Å². The van der Waals surface area contributed by atoms with E-state index in [1.165, 1.54) is 12.1 Å². The summed E-state index contributed by atoms with van der Waals surface area (Å²) in [4.78, 5) is 11.9. The molecule has 2 N–H and O–H groups in total. The molecule has 0 aliphatic carbocycles. The molecule has 0 heterocycles. The fraction of sp³-hybridized carbons (Fsp3) is 0.500. The van der Waals surface area contributed by atoms with Crippen LogP contribution in [0, 0.1) is 5.92 Å². The first kappa shape index (κ1) is 16.7. The maximum atomic E-state index is 12.0. The molecule has 0 radical (unpaired) electrons. The van der Waals surface area contributed by atoms with Crippen LogP contribution in [0.25, 0.3) is 0 Å². The number of amides is 1. The second-order valence-electron chi connectivity index (χ2n) is 4.98.